The smallest absolute Gasteiger partial charge is 0.341 e. The van der Waals surface area contributed by atoms with Gasteiger partial charge in [-0.05, 0) is 18.1 Å². The van der Waals surface area contributed by atoms with Crippen molar-refractivity contribution >= 4 is 18.0 Å². The quantitative estimate of drug-likeness (QED) is 0.397. The summed E-state index contributed by atoms with van der Waals surface area (Å²) in [5.41, 5.74) is 1.50. The van der Waals surface area contributed by atoms with Crippen LogP contribution >= 0.6 is 0 Å². The summed E-state index contributed by atoms with van der Waals surface area (Å²) in [4.78, 5) is 22.1. The van der Waals surface area contributed by atoms with Gasteiger partial charge in [0.1, 0.15) is 0 Å². The Kier molecular flexibility index (Phi) is 2.63. The van der Waals surface area contributed by atoms with Crippen molar-refractivity contribution in [2.75, 3.05) is 0 Å². The molecule has 1 aliphatic rings. The highest BCUT2D eigenvalue weighted by Gasteiger charge is 2.22. The fraction of sp³-hybridized carbons (Fsp3) is 0.167. The molecular weight excluding hydrogens is 192 g/mol. The summed E-state index contributed by atoms with van der Waals surface area (Å²) in [6.07, 6.45) is 2.51. The minimum absolute atomic E-state index is 0.282. The molecule has 1 saturated heterocycles. The summed E-state index contributed by atoms with van der Waals surface area (Å²) in [6, 6.07) is 9.50. The Bertz CT molecular complexity index is 418. The lowest BCUT2D eigenvalue weighted by Gasteiger charge is -2.11. The molecule has 1 aliphatic heterocycles. The van der Waals surface area contributed by atoms with E-state index in [1.165, 1.54) is 0 Å². The van der Waals surface area contributed by atoms with Gasteiger partial charge in [-0.3, -0.25) is 4.79 Å². The summed E-state index contributed by atoms with van der Waals surface area (Å²) in [7, 11) is 0. The zero-order valence-electron chi connectivity index (χ0n) is 8.10. The number of hydrogen-bond donors (Lipinski definition) is 0. The zero-order valence-corrected chi connectivity index (χ0v) is 8.10. The fourth-order valence-corrected chi connectivity index (χ4v) is 1.44. The van der Waals surface area contributed by atoms with E-state index in [1.807, 2.05) is 30.3 Å². The molecule has 0 saturated carbocycles. The first-order chi connectivity index (χ1) is 7.25. The van der Waals surface area contributed by atoms with Crippen LogP contribution in [0.2, 0.25) is 0 Å². The zero-order chi connectivity index (χ0) is 10.7. The highest BCUT2D eigenvalue weighted by Crippen LogP contribution is 2.18. The number of benzene rings is 1. The summed E-state index contributed by atoms with van der Waals surface area (Å²) >= 11 is 0. The molecule has 1 heterocycles. The molecule has 0 bridgehead atoms. The van der Waals surface area contributed by atoms with E-state index in [4.69, 9.17) is 0 Å². The molecule has 0 radical (unpaired) electrons. The van der Waals surface area contributed by atoms with E-state index in [9.17, 15) is 9.59 Å². The maximum Gasteiger partial charge on any atom is 0.341 e. The molecule has 15 heavy (non-hydrogen) atoms. The van der Waals surface area contributed by atoms with Crippen molar-refractivity contribution in [3.8, 4) is 0 Å². The number of hydrogen-bond acceptors (Lipinski definition) is 3. The summed E-state index contributed by atoms with van der Waals surface area (Å²) in [5.74, 6) is -0.958. The number of ether oxygens (including phenoxy) is 1. The predicted molar refractivity (Wildman–Crippen MR) is 54.8 cm³/mol. The van der Waals surface area contributed by atoms with Crippen molar-refractivity contribution in [1.29, 1.82) is 0 Å². The third kappa shape index (κ3) is 2.31. The van der Waals surface area contributed by atoms with Crippen LogP contribution in [0.15, 0.2) is 35.9 Å². The Morgan fingerprint density at radius 3 is 2.47 bits per heavy atom. The molecule has 3 heteroatoms. The van der Waals surface area contributed by atoms with Crippen LogP contribution in [-0.2, 0) is 14.3 Å². The molecule has 1 aromatic carbocycles. The van der Waals surface area contributed by atoms with Crippen LogP contribution in [0.25, 0.3) is 6.08 Å². The van der Waals surface area contributed by atoms with Crippen LogP contribution in [0, 0.1) is 0 Å². The third-order valence-electron chi connectivity index (χ3n) is 2.21. The van der Waals surface area contributed by atoms with Crippen molar-refractivity contribution in [3.63, 3.8) is 0 Å². The Labute approximate surface area is 87.4 Å². The highest BCUT2D eigenvalue weighted by atomic mass is 16.6. The van der Waals surface area contributed by atoms with Crippen molar-refractivity contribution in [2.45, 2.75) is 12.8 Å². The first kappa shape index (κ1) is 9.65. The topological polar surface area (TPSA) is 43.4 Å². The number of carbonyl (C=O) groups is 2. The van der Waals surface area contributed by atoms with Gasteiger partial charge in [0.2, 0.25) is 0 Å². The van der Waals surface area contributed by atoms with E-state index in [0.717, 1.165) is 5.56 Å². The fourth-order valence-electron chi connectivity index (χ4n) is 1.44. The largest absolute Gasteiger partial charge is 0.390 e. The highest BCUT2D eigenvalue weighted by molar-refractivity contribution is 6.02. The van der Waals surface area contributed by atoms with E-state index in [1.54, 1.807) is 6.08 Å². The van der Waals surface area contributed by atoms with Gasteiger partial charge in [0, 0.05) is 5.57 Å². The van der Waals surface area contributed by atoms with Gasteiger partial charge >= 0.3 is 11.9 Å². The lowest BCUT2D eigenvalue weighted by atomic mass is 10.0. The second-order valence-electron chi connectivity index (χ2n) is 3.34. The average molecular weight is 202 g/mol. The molecular formula is C12H10O3. The minimum atomic E-state index is -0.518. The monoisotopic (exact) mass is 202 g/mol. The van der Waals surface area contributed by atoms with Crippen LogP contribution in [0.1, 0.15) is 18.4 Å². The molecule has 0 atom stereocenters. The molecule has 0 amide bonds. The number of rotatable bonds is 1. The molecule has 2 rings (SSSR count). The van der Waals surface area contributed by atoms with Gasteiger partial charge < -0.3 is 4.74 Å². The maximum absolute atomic E-state index is 11.3. The van der Waals surface area contributed by atoms with Crippen molar-refractivity contribution in [2.24, 2.45) is 0 Å². The molecule has 1 aromatic rings. The minimum Gasteiger partial charge on any atom is -0.390 e. The van der Waals surface area contributed by atoms with Gasteiger partial charge in [-0.25, -0.2) is 4.79 Å². The second kappa shape index (κ2) is 4.09. The van der Waals surface area contributed by atoms with E-state index < -0.39 is 11.9 Å². The molecule has 3 nitrogen and oxygen atoms in total. The normalized spacial score (nSPS) is 19.1. The molecule has 0 unspecified atom stereocenters. The average Bonchev–Trinajstić information content (AvgIpc) is 2.24. The van der Waals surface area contributed by atoms with Crippen LogP contribution in [0.3, 0.4) is 0 Å². The molecule has 0 N–H and O–H groups in total. The number of cyclic esters (lactones) is 2. The summed E-state index contributed by atoms with van der Waals surface area (Å²) in [5, 5.41) is 0. The Morgan fingerprint density at radius 2 is 1.80 bits per heavy atom. The maximum atomic E-state index is 11.3. The van der Waals surface area contributed by atoms with Crippen molar-refractivity contribution in [1.82, 2.24) is 0 Å². The van der Waals surface area contributed by atoms with Gasteiger partial charge in [0.25, 0.3) is 0 Å². The van der Waals surface area contributed by atoms with E-state index >= 15 is 0 Å². The van der Waals surface area contributed by atoms with Gasteiger partial charge in [-0.15, -0.1) is 0 Å². The van der Waals surface area contributed by atoms with Crippen LogP contribution < -0.4 is 0 Å². The Balaban J connectivity index is 2.21. The van der Waals surface area contributed by atoms with E-state index in [0.29, 0.717) is 12.0 Å². The lowest BCUT2D eigenvalue weighted by Crippen LogP contribution is -2.20. The molecule has 0 aliphatic carbocycles. The van der Waals surface area contributed by atoms with E-state index in [-0.39, 0.29) is 6.42 Å². The van der Waals surface area contributed by atoms with Crippen molar-refractivity contribution < 1.29 is 14.3 Å². The van der Waals surface area contributed by atoms with Crippen LogP contribution in [0.5, 0.6) is 0 Å². The summed E-state index contributed by atoms with van der Waals surface area (Å²) in [6.45, 7) is 0. The standard InChI is InChI=1S/C12H10O3/c13-11-7-6-10(12(14)15-11)8-9-4-2-1-3-5-9/h1-5,8H,6-7H2/b10-8+. The first-order valence-electron chi connectivity index (χ1n) is 4.76. The van der Waals surface area contributed by atoms with Crippen LogP contribution in [0.4, 0.5) is 0 Å². The molecule has 76 valence electrons. The molecule has 1 fully saturated rings. The van der Waals surface area contributed by atoms with Crippen molar-refractivity contribution in [3.05, 3.63) is 41.5 Å². The third-order valence-corrected chi connectivity index (χ3v) is 2.21. The van der Waals surface area contributed by atoms with Crippen LogP contribution in [-0.4, -0.2) is 11.9 Å². The SMILES string of the molecule is O=C1CC/C(=C\c2ccccc2)C(=O)O1. The van der Waals surface area contributed by atoms with Gasteiger partial charge in [-0.1, -0.05) is 30.3 Å². The van der Waals surface area contributed by atoms with Gasteiger partial charge in [-0.2, -0.15) is 0 Å². The second-order valence-corrected chi connectivity index (χ2v) is 3.34. The lowest BCUT2D eigenvalue weighted by molar-refractivity contribution is -0.159. The van der Waals surface area contributed by atoms with Gasteiger partial charge in [0.05, 0.1) is 6.42 Å². The first-order valence-corrected chi connectivity index (χ1v) is 4.76. The van der Waals surface area contributed by atoms with Gasteiger partial charge in [0.15, 0.2) is 0 Å². The predicted octanol–water partition coefficient (Wildman–Crippen LogP) is 1.93. The Morgan fingerprint density at radius 1 is 1.07 bits per heavy atom. The van der Waals surface area contributed by atoms with E-state index in [2.05, 4.69) is 4.74 Å². The molecule has 0 spiro atoms. The number of esters is 2. The summed E-state index contributed by atoms with van der Waals surface area (Å²) < 4.78 is 4.52. The molecule has 0 aromatic heterocycles. The number of carbonyl (C=O) groups excluding carboxylic acids is 2. The Hall–Kier alpha value is -1.90.